The fourth-order valence-electron chi connectivity index (χ4n) is 2.36. The van der Waals surface area contributed by atoms with Gasteiger partial charge in [0.15, 0.2) is 6.29 Å². The number of aromatic nitrogens is 1. The number of H-pyrrole nitrogens is 1. The van der Waals surface area contributed by atoms with E-state index in [2.05, 4.69) is 31.1 Å². The highest BCUT2D eigenvalue weighted by Gasteiger charge is 2.27. The van der Waals surface area contributed by atoms with Crippen LogP contribution in [0.5, 0.6) is 0 Å². The van der Waals surface area contributed by atoms with Gasteiger partial charge in [-0.1, -0.05) is 20.8 Å². The average Bonchev–Trinajstić information content (AvgIpc) is 2.60. The molecule has 0 bridgehead atoms. The molecule has 0 radical (unpaired) electrons. The summed E-state index contributed by atoms with van der Waals surface area (Å²) in [6, 6.07) is 3.21. The first-order valence-corrected chi connectivity index (χ1v) is 6.10. The Labute approximate surface area is 108 Å². The van der Waals surface area contributed by atoms with Gasteiger partial charge in [0.1, 0.15) is 5.69 Å². The Morgan fingerprint density at radius 1 is 1.28 bits per heavy atom. The van der Waals surface area contributed by atoms with E-state index in [9.17, 15) is 9.59 Å². The highest BCUT2D eigenvalue weighted by molar-refractivity contribution is 5.94. The zero-order valence-electron chi connectivity index (χ0n) is 11.8. The summed E-state index contributed by atoms with van der Waals surface area (Å²) < 4.78 is 0. The molecule has 0 saturated heterocycles. The van der Waals surface area contributed by atoms with E-state index in [1.165, 1.54) is 0 Å². The van der Waals surface area contributed by atoms with E-state index in [0.29, 0.717) is 17.7 Å². The van der Waals surface area contributed by atoms with Gasteiger partial charge in [0.2, 0.25) is 0 Å². The maximum absolute atomic E-state index is 12.0. The van der Waals surface area contributed by atoms with Crippen molar-refractivity contribution >= 4 is 12.2 Å². The van der Waals surface area contributed by atoms with E-state index in [0.717, 1.165) is 6.42 Å². The monoisotopic (exact) mass is 250 g/mol. The van der Waals surface area contributed by atoms with Crippen LogP contribution in [0.3, 0.4) is 0 Å². The fraction of sp³-hybridized carbons (Fsp3) is 0.571. The summed E-state index contributed by atoms with van der Waals surface area (Å²) in [6.45, 7) is 10.4. The van der Waals surface area contributed by atoms with Crippen LogP contribution >= 0.6 is 0 Å². The summed E-state index contributed by atoms with van der Waals surface area (Å²) in [7, 11) is 0. The number of nitrogens with one attached hydrogen (secondary N) is 2. The standard InChI is InChI=1S/C14H22N2O2/c1-13(2,3)9-14(4,5)16-12(18)11-7-6-10(8-17)15-11/h6-8,15H,9H2,1-5H3,(H,16,18). The third kappa shape index (κ3) is 4.35. The smallest absolute Gasteiger partial charge is 0.268 e. The van der Waals surface area contributed by atoms with Crippen LogP contribution in [-0.2, 0) is 0 Å². The van der Waals surface area contributed by atoms with Gasteiger partial charge >= 0.3 is 0 Å². The zero-order chi connectivity index (χ0) is 14.0. The topological polar surface area (TPSA) is 62.0 Å². The maximum atomic E-state index is 12.0. The lowest BCUT2D eigenvalue weighted by Gasteiger charge is -2.33. The second-order valence-corrected chi connectivity index (χ2v) is 6.52. The number of hydrogen-bond donors (Lipinski definition) is 2. The van der Waals surface area contributed by atoms with Crippen LogP contribution in [-0.4, -0.2) is 22.7 Å². The number of aromatic amines is 1. The van der Waals surface area contributed by atoms with Gasteiger partial charge in [0.25, 0.3) is 5.91 Å². The Hall–Kier alpha value is -1.58. The summed E-state index contributed by atoms with van der Waals surface area (Å²) in [5, 5.41) is 2.98. The number of carbonyl (C=O) groups excluding carboxylic acids is 2. The van der Waals surface area contributed by atoms with Crippen molar-refractivity contribution < 1.29 is 9.59 Å². The van der Waals surface area contributed by atoms with Gasteiger partial charge in [-0.3, -0.25) is 9.59 Å². The maximum Gasteiger partial charge on any atom is 0.268 e. The van der Waals surface area contributed by atoms with Crippen LogP contribution < -0.4 is 5.32 Å². The van der Waals surface area contributed by atoms with Gasteiger partial charge in [0.05, 0.1) is 5.69 Å². The molecule has 18 heavy (non-hydrogen) atoms. The second kappa shape index (κ2) is 4.96. The van der Waals surface area contributed by atoms with Crippen LogP contribution in [0.2, 0.25) is 0 Å². The summed E-state index contributed by atoms with van der Waals surface area (Å²) in [6.07, 6.45) is 1.56. The van der Waals surface area contributed by atoms with Gasteiger partial charge in [-0.05, 0) is 37.8 Å². The predicted octanol–water partition coefficient (Wildman–Crippen LogP) is 2.77. The molecule has 4 nitrogen and oxygen atoms in total. The molecular weight excluding hydrogens is 228 g/mol. The molecule has 1 amide bonds. The van der Waals surface area contributed by atoms with Crippen molar-refractivity contribution in [2.24, 2.45) is 5.41 Å². The molecule has 0 saturated carbocycles. The fourth-order valence-corrected chi connectivity index (χ4v) is 2.36. The van der Waals surface area contributed by atoms with Gasteiger partial charge in [-0.2, -0.15) is 0 Å². The first-order chi connectivity index (χ1) is 8.13. The molecule has 1 aromatic rings. The highest BCUT2D eigenvalue weighted by Crippen LogP contribution is 2.26. The minimum absolute atomic E-state index is 0.139. The largest absolute Gasteiger partial charge is 0.348 e. The van der Waals surface area contributed by atoms with E-state index in [1.807, 2.05) is 13.8 Å². The summed E-state index contributed by atoms with van der Waals surface area (Å²) in [5.74, 6) is -0.183. The van der Waals surface area contributed by atoms with Gasteiger partial charge in [0, 0.05) is 5.54 Å². The Morgan fingerprint density at radius 3 is 2.33 bits per heavy atom. The molecule has 4 heteroatoms. The number of amides is 1. The van der Waals surface area contributed by atoms with Crippen LogP contribution in [0.15, 0.2) is 12.1 Å². The molecular formula is C14H22N2O2. The van der Waals surface area contributed by atoms with Crippen LogP contribution in [0.1, 0.15) is 62.0 Å². The van der Waals surface area contributed by atoms with E-state index in [4.69, 9.17) is 0 Å². The molecule has 1 heterocycles. The zero-order valence-corrected chi connectivity index (χ0v) is 11.8. The van der Waals surface area contributed by atoms with Crippen LogP contribution in [0.4, 0.5) is 0 Å². The van der Waals surface area contributed by atoms with Gasteiger partial charge < -0.3 is 10.3 Å². The van der Waals surface area contributed by atoms with E-state index < -0.39 is 0 Å². The lowest BCUT2D eigenvalue weighted by atomic mass is 9.82. The van der Waals surface area contributed by atoms with Crippen LogP contribution in [0, 0.1) is 5.41 Å². The normalized spacial score (nSPS) is 12.3. The second-order valence-electron chi connectivity index (χ2n) is 6.52. The summed E-state index contributed by atoms with van der Waals surface area (Å²) in [5.41, 5.74) is 0.676. The van der Waals surface area contributed by atoms with Crippen molar-refractivity contribution in [3.63, 3.8) is 0 Å². The Morgan fingerprint density at radius 2 is 1.89 bits per heavy atom. The lowest BCUT2D eigenvalue weighted by Crippen LogP contribution is -2.45. The Kier molecular flexibility index (Phi) is 3.99. The molecule has 100 valence electrons. The summed E-state index contributed by atoms with van der Waals surface area (Å²) >= 11 is 0. The number of hydrogen-bond acceptors (Lipinski definition) is 2. The minimum Gasteiger partial charge on any atom is -0.348 e. The SMILES string of the molecule is CC(C)(C)CC(C)(C)NC(=O)c1ccc(C=O)[nH]1. The number of rotatable bonds is 4. The average molecular weight is 250 g/mol. The third-order valence-electron chi connectivity index (χ3n) is 2.50. The van der Waals surface area contributed by atoms with Crippen molar-refractivity contribution in [3.05, 3.63) is 23.5 Å². The minimum atomic E-state index is -0.290. The Bertz CT molecular complexity index is 439. The molecule has 0 aliphatic heterocycles. The molecule has 0 aliphatic rings. The molecule has 0 fully saturated rings. The molecule has 1 aromatic heterocycles. The molecule has 0 unspecified atom stereocenters. The first-order valence-electron chi connectivity index (χ1n) is 6.10. The predicted molar refractivity (Wildman–Crippen MR) is 71.8 cm³/mol. The van der Waals surface area contributed by atoms with Crippen molar-refractivity contribution in [2.45, 2.75) is 46.6 Å². The molecule has 0 aromatic carbocycles. The first kappa shape index (κ1) is 14.5. The van der Waals surface area contributed by atoms with E-state index >= 15 is 0 Å². The quantitative estimate of drug-likeness (QED) is 0.807. The van der Waals surface area contributed by atoms with E-state index in [-0.39, 0.29) is 16.9 Å². The summed E-state index contributed by atoms with van der Waals surface area (Å²) in [4.78, 5) is 25.3. The molecule has 0 spiro atoms. The van der Waals surface area contributed by atoms with Crippen molar-refractivity contribution in [3.8, 4) is 0 Å². The van der Waals surface area contributed by atoms with Crippen molar-refractivity contribution in [1.29, 1.82) is 0 Å². The number of aldehydes is 1. The van der Waals surface area contributed by atoms with Crippen molar-refractivity contribution in [1.82, 2.24) is 10.3 Å². The third-order valence-corrected chi connectivity index (χ3v) is 2.50. The molecule has 1 rings (SSSR count). The van der Waals surface area contributed by atoms with Crippen molar-refractivity contribution in [2.75, 3.05) is 0 Å². The Balaban J connectivity index is 2.72. The molecule has 0 atom stereocenters. The molecule has 2 N–H and O–H groups in total. The molecule has 0 aliphatic carbocycles. The lowest BCUT2D eigenvalue weighted by molar-refractivity contribution is 0.0887. The van der Waals surface area contributed by atoms with E-state index in [1.54, 1.807) is 12.1 Å². The number of carbonyl (C=O) groups is 2. The highest BCUT2D eigenvalue weighted by atomic mass is 16.2. The van der Waals surface area contributed by atoms with Gasteiger partial charge in [-0.25, -0.2) is 0 Å². The van der Waals surface area contributed by atoms with Crippen LogP contribution in [0.25, 0.3) is 0 Å². The van der Waals surface area contributed by atoms with Gasteiger partial charge in [-0.15, -0.1) is 0 Å².